The van der Waals surface area contributed by atoms with Gasteiger partial charge in [-0.15, -0.1) is 0 Å². The summed E-state index contributed by atoms with van der Waals surface area (Å²) in [4.78, 5) is 9.26. The third kappa shape index (κ3) is 4.66. The molecule has 4 rings (SSSR count). The minimum atomic E-state index is 0.634. The van der Waals surface area contributed by atoms with Crippen LogP contribution in [0.25, 0.3) is 11.4 Å². The van der Waals surface area contributed by atoms with Crippen LogP contribution in [0.15, 0.2) is 48.8 Å². The Bertz CT molecular complexity index is 765. The van der Waals surface area contributed by atoms with Crippen molar-refractivity contribution in [1.29, 1.82) is 0 Å². The number of hydrogen-bond donors (Lipinski definition) is 0. The standard InChI is InChI=1S/C25H31ClN2/c1-2-3-18-4-6-19(7-5-18)20-8-10-21(11-9-20)23-16-27-25(28-17-23)22-12-14-24(26)15-13-22/h2-3,12-21H,4-11H2,1H3/b3-2+. The maximum absolute atomic E-state index is 5.97. The molecule has 2 aromatic rings. The Balaban J connectivity index is 1.31. The fraction of sp³-hybridized carbons (Fsp3) is 0.520. The fourth-order valence-electron chi connectivity index (χ4n) is 5.30. The smallest absolute Gasteiger partial charge is 0.159 e. The number of nitrogens with zero attached hydrogens (tertiary/aromatic N) is 2. The van der Waals surface area contributed by atoms with Crippen LogP contribution >= 0.6 is 11.6 Å². The predicted molar refractivity (Wildman–Crippen MR) is 117 cm³/mol. The van der Waals surface area contributed by atoms with Crippen molar-refractivity contribution in [1.82, 2.24) is 9.97 Å². The second-order valence-electron chi connectivity index (χ2n) is 8.66. The van der Waals surface area contributed by atoms with Crippen LogP contribution in [0.5, 0.6) is 0 Å². The Labute approximate surface area is 174 Å². The second-order valence-corrected chi connectivity index (χ2v) is 9.10. The average Bonchev–Trinajstić information content (AvgIpc) is 2.75. The second kappa shape index (κ2) is 9.22. The molecule has 0 aliphatic heterocycles. The first-order valence-electron chi connectivity index (χ1n) is 10.9. The molecule has 1 aromatic carbocycles. The van der Waals surface area contributed by atoms with E-state index in [9.17, 15) is 0 Å². The van der Waals surface area contributed by atoms with Crippen LogP contribution in [-0.4, -0.2) is 9.97 Å². The summed E-state index contributed by atoms with van der Waals surface area (Å²) in [7, 11) is 0. The highest BCUT2D eigenvalue weighted by Gasteiger charge is 2.30. The highest BCUT2D eigenvalue weighted by molar-refractivity contribution is 6.30. The van der Waals surface area contributed by atoms with Gasteiger partial charge in [-0.05, 0) is 112 Å². The molecule has 0 amide bonds. The van der Waals surface area contributed by atoms with Crippen molar-refractivity contribution in [3.05, 3.63) is 59.4 Å². The maximum atomic E-state index is 5.97. The summed E-state index contributed by atoms with van der Waals surface area (Å²) in [6.07, 6.45) is 19.7. The molecule has 148 valence electrons. The SMILES string of the molecule is C/C=C/C1CCC(C2CCC(c3cnc(-c4ccc(Cl)cc4)nc3)CC2)CC1. The van der Waals surface area contributed by atoms with Crippen molar-refractivity contribution in [3.63, 3.8) is 0 Å². The molecular formula is C25H31ClN2. The lowest BCUT2D eigenvalue weighted by Crippen LogP contribution is -2.25. The molecule has 0 atom stereocenters. The Kier molecular flexibility index (Phi) is 6.47. The van der Waals surface area contributed by atoms with Gasteiger partial charge in [-0.1, -0.05) is 23.8 Å². The molecular weight excluding hydrogens is 364 g/mol. The molecule has 0 bridgehead atoms. The zero-order valence-corrected chi connectivity index (χ0v) is 17.6. The van der Waals surface area contributed by atoms with Gasteiger partial charge >= 0.3 is 0 Å². The number of benzene rings is 1. The van der Waals surface area contributed by atoms with Crippen LogP contribution in [0.1, 0.15) is 69.8 Å². The summed E-state index contributed by atoms with van der Waals surface area (Å²) in [5.41, 5.74) is 2.33. The van der Waals surface area contributed by atoms with Crippen molar-refractivity contribution in [3.8, 4) is 11.4 Å². The van der Waals surface area contributed by atoms with E-state index in [2.05, 4.69) is 29.0 Å². The molecule has 0 radical (unpaired) electrons. The van der Waals surface area contributed by atoms with Crippen LogP contribution < -0.4 is 0 Å². The van der Waals surface area contributed by atoms with Gasteiger partial charge in [-0.2, -0.15) is 0 Å². The molecule has 1 heterocycles. The third-order valence-corrected chi connectivity index (χ3v) is 7.22. The zero-order valence-electron chi connectivity index (χ0n) is 16.9. The van der Waals surface area contributed by atoms with E-state index < -0.39 is 0 Å². The first kappa shape index (κ1) is 19.6. The summed E-state index contributed by atoms with van der Waals surface area (Å²) in [5.74, 6) is 4.17. The summed E-state index contributed by atoms with van der Waals surface area (Å²) in [6.45, 7) is 2.15. The first-order chi connectivity index (χ1) is 13.7. The molecule has 2 fully saturated rings. The Morgan fingerprint density at radius 3 is 1.96 bits per heavy atom. The summed E-state index contributed by atoms with van der Waals surface area (Å²) in [5, 5.41) is 0.743. The van der Waals surface area contributed by atoms with E-state index in [1.807, 2.05) is 36.7 Å². The molecule has 28 heavy (non-hydrogen) atoms. The summed E-state index contributed by atoms with van der Waals surface area (Å²) < 4.78 is 0. The van der Waals surface area contributed by atoms with Crippen LogP contribution in [0.4, 0.5) is 0 Å². The van der Waals surface area contributed by atoms with Gasteiger partial charge < -0.3 is 0 Å². The Hall–Kier alpha value is -1.67. The first-order valence-corrected chi connectivity index (χ1v) is 11.3. The Morgan fingerprint density at radius 1 is 0.821 bits per heavy atom. The van der Waals surface area contributed by atoms with Gasteiger partial charge in [-0.3, -0.25) is 0 Å². The lowest BCUT2D eigenvalue weighted by molar-refractivity contribution is 0.171. The van der Waals surface area contributed by atoms with Crippen LogP contribution in [0.3, 0.4) is 0 Å². The van der Waals surface area contributed by atoms with E-state index in [4.69, 9.17) is 11.6 Å². The maximum Gasteiger partial charge on any atom is 0.159 e. The van der Waals surface area contributed by atoms with Crippen molar-refractivity contribution < 1.29 is 0 Å². The molecule has 0 N–H and O–H groups in total. The molecule has 2 aliphatic carbocycles. The van der Waals surface area contributed by atoms with E-state index in [0.717, 1.165) is 34.2 Å². The average molecular weight is 395 g/mol. The van der Waals surface area contributed by atoms with Gasteiger partial charge in [0.15, 0.2) is 5.82 Å². The predicted octanol–water partition coefficient (Wildman–Crippen LogP) is 7.45. The molecule has 1 aromatic heterocycles. The van der Waals surface area contributed by atoms with Crippen LogP contribution in [0.2, 0.25) is 5.02 Å². The Morgan fingerprint density at radius 2 is 1.39 bits per heavy atom. The molecule has 2 saturated carbocycles. The van der Waals surface area contributed by atoms with Gasteiger partial charge in [-0.25, -0.2) is 9.97 Å². The lowest BCUT2D eigenvalue weighted by atomic mass is 9.68. The zero-order chi connectivity index (χ0) is 19.3. The van der Waals surface area contributed by atoms with Crippen molar-refractivity contribution >= 4 is 11.6 Å². The van der Waals surface area contributed by atoms with E-state index in [1.165, 1.54) is 56.9 Å². The molecule has 3 heteroatoms. The van der Waals surface area contributed by atoms with E-state index in [1.54, 1.807) is 0 Å². The number of rotatable bonds is 4. The van der Waals surface area contributed by atoms with Gasteiger partial charge in [0.1, 0.15) is 0 Å². The fourth-order valence-corrected chi connectivity index (χ4v) is 5.43. The van der Waals surface area contributed by atoms with Gasteiger partial charge in [0.2, 0.25) is 0 Å². The summed E-state index contributed by atoms with van der Waals surface area (Å²) in [6, 6.07) is 7.74. The van der Waals surface area contributed by atoms with Gasteiger partial charge in [0.05, 0.1) is 0 Å². The number of allylic oxidation sites excluding steroid dienone is 2. The quantitative estimate of drug-likeness (QED) is 0.503. The monoisotopic (exact) mass is 394 g/mol. The van der Waals surface area contributed by atoms with E-state index >= 15 is 0 Å². The highest BCUT2D eigenvalue weighted by atomic mass is 35.5. The van der Waals surface area contributed by atoms with Crippen molar-refractivity contribution in [2.24, 2.45) is 17.8 Å². The third-order valence-electron chi connectivity index (χ3n) is 6.97. The molecule has 0 spiro atoms. The number of hydrogen-bond acceptors (Lipinski definition) is 2. The molecule has 0 unspecified atom stereocenters. The number of aromatic nitrogens is 2. The normalized spacial score (nSPS) is 28.5. The van der Waals surface area contributed by atoms with Crippen molar-refractivity contribution in [2.45, 2.75) is 64.2 Å². The molecule has 2 aliphatic rings. The highest BCUT2D eigenvalue weighted by Crippen LogP contribution is 2.44. The molecule has 0 saturated heterocycles. The largest absolute Gasteiger partial charge is 0.236 e. The number of halogens is 1. The van der Waals surface area contributed by atoms with Gasteiger partial charge in [0, 0.05) is 23.0 Å². The minimum Gasteiger partial charge on any atom is -0.236 e. The summed E-state index contributed by atoms with van der Waals surface area (Å²) >= 11 is 5.97. The van der Waals surface area contributed by atoms with Crippen LogP contribution in [-0.2, 0) is 0 Å². The van der Waals surface area contributed by atoms with E-state index in [-0.39, 0.29) is 0 Å². The molecule has 2 nitrogen and oxygen atoms in total. The van der Waals surface area contributed by atoms with E-state index in [0.29, 0.717) is 5.92 Å². The topological polar surface area (TPSA) is 25.8 Å². The van der Waals surface area contributed by atoms with Gasteiger partial charge in [0.25, 0.3) is 0 Å². The lowest BCUT2D eigenvalue weighted by Gasteiger charge is -2.37. The minimum absolute atomic E-state index is 0.634. The van der Waals surface area contributed by atoms with Crippen LogP contribution in [0, 0.1) is 17.8 Å². The van der Waals surface area contributed by atoms with Crippen molar-refractivity contribution in [2.75, 3.05) is 0 Å².